The average molecular weight is 308 g/mol. The molecule has 2 aliphatic rings. The lowest BCUT2D eigenvalue weighted by molar-refractivity contribution is 0.501. The summed E-state index contributed by atoms with van der Waals surface area (Å²) in [5.41, 5.74) is 5.50. The molecule has 0 radical (unpaired) electrons. The van der Waals surface area contributed by atoms with E-state index in [9.17, 15) is 8.42 Å². The molecule has 0 spiro atoms. The maximum Gasteiger partial charge on any atom is 0.209 e. The summed E-state index contributed by atoms with van der Waals surface area (Å²) in [4.78, 5) is 0. The molecule has 1 saturated carbocycles. The van der Waals surface area contributed by atoms with Gasteiger partial charge in [0.25, 0.3) is 0 Å². The second-order valence-electron chi connectivity index (χ2n) is 6.09. The molecule has 0 aromatic carbocycles. The monoisotopic (exact) mass is 308 g/mol. The summed E-state index contributed by atoms with van der Waals surface area (Å²) in [7, 11) is -3.18. The lowest BCUT2D eigenvalue weighted by Gasteiger charge is -2.21. The number of rotatable bonds is 6. The summed E-state index contributed by atoms with van der Waals surface area (Å²) >= 11 is 0. The highest BCUT2D eigenvalue weighted by Gasteiger charge is 2.45. The highest BCUT2D eigenvalue weighted by atomic mass is 32.2. The van der Waals surface area contributed by atoms with Crippen molar-refractivity contribution in [2.24, 2.45) is 0 Å². The smallest absolute Gasteiger partial charge is 0.209 e. The van der Waals surface area contributed by atoms with Crippen LogP contribution in [0.4, 0.5) is 0 Å². The summed E-state index contributed by atoms with van der Waals surface area (Å²) in [5, 5.41) is 3.61. The molecule has 0 heterocycles. The van der Waals surface area contributed by atoms with Gasteiger partial charge in [-0.05, 0) is 37.0 Å². The maximum absolute atomic E-state index is 11.3. The van der Waals surface area contributed by atoms with E-state index in [0.717, 1.165) is 30.4 Å². The molecule has 0 atom stereocenters. The molecule has 4 nitrogen and oxygen atoms in total. The summed E-state index contributed by atoms with van der Waals surface area (Å²) in [6.45, 7) is 4.60. The largest absolute Gasteiger partial charge is 0.305 e. The Balaban J connectivity index is 2.21. The molecule has 2 aliphatic carbocycles. The topological polar surface area (TPSA) is 58.2 Å². The normalized spacial score (nSPS) is 20.8. The predicted molar refractivity (Wildman–Crippen MR) is 86.5 cm³/mol. The zero-order chi connectivity index (χ0) is 15.5. The Morgan fingerprint density at radius 2 is 2.10 bits per heavy atom. The molecule has 0 amide bonds. The zero-order valence-corrected chi connectivity index (χ0v) is 13.8. The molecule has 0 unspecified atom stereocenters. The highest BCUT2D eigenvalue weighted by Crippen LogP contribution is 2.43. The van der Waals surface area contributed by atoms with Crippen LogP contribution in [0.15, 0.2) is 41.2 Å². The molecular weight excluding hydrogens is 284 g/mol. The number of sulfonamides is 1. The van der Waals surface area contributed by atoms with Crippen LogP contribution in [0.1, 0.15) is 33.1 Å². The van der Waals surface area contributed by atoms with Gasteiger partial charge in [0.05, 0.1) is 11.8 Å². The first-order chi connectivity index (χ1) is 9.81. The first kappa shape index (κ1) is 16.2. The van der Waals surface area contributed by atoms with E-state index in [1.807, 2.05) is 18.2 Å². The fourth-order valence-corrected chi connectivity index (χ4v) is 2.93. The highest BCUT2D eigenvalue weighted by molar-refractivity contribution is 7.88. The van der Waals surface area contributed by atoms with Gasteiger partial charge in [-0.3, -0.25) is 0 Å². The van der Waals surface area contributed by atoms with Crippen molar-refractivity contribution in [1.29, 1.82) is 0 Å². The molecule has 2 rings (SSSR count). The summed E-state index contributed by atoms with van der Waals surface area (Å²) in [6, 6.07) is 0.411. The van der Waals surface area contributed by atoms with Crippen LogP contribution >= 0.6 is 0 Å². The van der Waals surface area contributed by atoms with Crippen molar-refractivity contribution < 1.29 is 8.42 Å². The lowest BCUT2D eigenvalue weighted by atomic mass is 9.99. The van der Waals surface area contributed by atoms with Crippen LogP contribution in [-0.2, 0) is 10.0 Å². The van der Waals surface area contributed by atoms with Gasteiger partial charge in [-0.15, -0.1) is 5.73 Å². The Kier molecular flexibility index (Phi) is 4.89. The molecule has 116 valence electrons. The third-order valence-electron chi connectivity index (χ3n) is 3.54. The minimum absolute atomic E-state index is 0.0200. The average Bonchev–Trinajstić information content (AvgIpc) is 3.06. The van der Waals surface area contributed by atoms with E-state index < -0.39 is 10.0 Å². The van der Waals surface area contributed by atoms with Gasteiger partial charge in [0.1, 0.15) is 0 Å². The van der Waals surface area contributed by atoms with Crippen molar-refractivity contribution in [3.63, 3.8) is 0 Å². The third-order valence-corrected chi connectivity index (χ3v) is 4.21. The number of allylic oxidation sites excluding steroid dienone is 1. The Morgan fingerprint density at radius 1 is 1.38 bits per heavy atom. The van der Waals surface area contributed by atoms with Gasteiger partial charge in [-0.1, -0.05) is 26.0 Å². The van der Waals surface area contributed by atoms with Gasteiger partial charge in [-0.2, -0.15) is 0 Å². The SMILES string of the molecule is CC(C)NC1(C2=C=CCC=CC(CNS(C)(=O)=O)=C2)CC1. The van der Waals surface area contributed by atoms with Crippen LogP contribution in [0.2, 0.25) is 0 Å². The van der Waals surface area contributed by atoms with Gasteiger partial charge < -0.3 is 5.32 Å². The fourth-order valence-electron chi connectivity index (χ4n) is 2.50. The zero-order valence-electron chi connectivity index (χ0n) is 12.9. The van der Waals surface area contributed by atoms with Crippen molar-refractivity contribution >= 4 is 10.0 Å². The Hall–Kier alpha value is -1.13. The van der Waals surface area contributed by atoms with E-state index in [2.05, 4.69) is 35.7 Å². The van der Waals surface area contributed by atoms with Crippen LogP contribution in [0, 0.1) is 0 Å². The second-order valence-corrected chi connectivity index (χ2v) is 7.93. The van der Waals surface area contributed by atoms with Crippen molar-refractivity contribution in [3.8, 4) is 0 Å². The van der Waals surface area contributed by atoms with Crippen molar-refractivity contribution in [2.45, 2.75) is 44.7 Å². The minimum atomic E-state index is -3.18. The van der Waals surface area contributed by atoms with E-state index in [1.54, 1.807) is 0 Å². The van der Waals surface area contributed by atoms with Crippen LogP contribution in [0.25, 0.3) is 0 Å². The molecule has 0 aromatic heterocycles. The Morgan fingerprint density at radius 3 is 2.67 bits per heavy atom. The van der Waals surface area contributed by atoms with Gasteiger partial charge in [0.2, 0.25) is 10.0 Å². The quantitative estimate of drug-likeness (QED) is 0.738. The number of nitrogens with one attached hydrogen (secondary N) is 2. The van der Waals surface area contributed by atoms with Crippen molar-refractivity contribution in [3.05, 3.63) is 41.2 Å². The fraction of sp³-hybridized carbons (Fsp3) is 0.562. The van der Waals surface area contributed by atoms with Crippen LogP contribution < -0.4 is 10.0 Å². The lowest BCUT2D eigenvalue weighted by Crippen LogP contribution is -2.38. The molecule has 21 heavy (non-hydrogen) atoms. The van der Waals surface area contributed by atoms with Gasteiger partial charge >= 0.3 is 0 Å². The minimum Gasteiger partial charge on any atom is -0.305 e. The maximum atomic E-state index is 11.3. The van der Waals surface area contributed by atoms with E-state index in [1.165, 1.54) is 6.26 Å². The standard InChI is InChI=1S/C16H24N2O2S/c1-13(2)18-16(9-10-16)15-8-6-4-5-7-14(11-15)12-17-21(3,19)20/h5-7,11,13,17-18H,4,9-10,12H2,1-3H3. The molecular formula is C16H24N2O2S. The van der Waals surface area contributed by atoms with Crippen LogP contribution in [0.3, 0.4) is 0 Å². The first-order valence-electron chi connectivity index (χ1n) is 7.36. The second kappa shape index (κ2) is 6.32. The summed E-state index contributed by atoms with van der Waals surface area (Å²) in [6.07, 6.45) is 12.3. The Labute approximate surface area is 127 Å². The molecule has 2 N–H and O–H groups in total. The van der Waals surface area contributed by atoms with Crippen molar-refractivity contribution in [1.82, 2.24) is 10.0 Å². The summed E-state index contributed by atoms with van der Waals surface area (Å²) in [5.74, 6) is 0. The molecule has 5 heteroatoms. The van der Waals surface area contributed by atoms with E-state index in [4.69, 9.17) is 0 Å². The molecule has 0 bridgehead atoms. The molecule has 1 fully saturated rings. The predicted octanol–water partition coefficient (Wildman–Crippen LogP) is 2.03. The molecule has 0 aliphatic heterocycles. The van der Waals surface area contributed by atoms with Crippen molar-refractivity contribution in [2.75, 3.05) is 12.8 Å². The molecule has 0 saturated heterocycles. The Bertz CT molecular complexity index is 617. The summed E-state index contributed by atoms with van der Waals surface area (Å²) < 4.78 is 25.1. The van der Waals surface area contributed by atoms with E-state index in [0.29, 0.717) is 12.6 Å². The molecule has 0 aromatic rings. The van der Waals surface area contributed by atoms with Gasteiger partial charge in [0, 0.05) is 18.2 Å². The van der Waals surface area contributed by atoms with Gasteiger partial charge in [0.15, 0.2) is 0 Å². The number of hydrogen-bond donors (Lipinski definition) is 2. The van der Waals surface area contributed by atoms with Gasteiger partial charge in [-0.25, -0.2) is 13.1 Å². The van der Waals surface area contributed by atoms with E-state index >= 15 is 0 Å². The third kappa shape index (κ3) is 4.97. The first-order valence-corrected chi connectivity index (χ1v) is 9.25. The van der Waals surface area contributed by atoms with Crippen LogP contribution in [0.5, 0.6) is 0 Å². The van der Waals surface area contributed by atoms with Crippen LogP contribution in [-0.4, -0.2) is 32.8 Å². The van der Waals surface area contributed by atoms with E-state index in [-0.39, 0.29) is 5.54 Å². The number of hydrogen-bond acceptors (Lipinski definition) is 3.